The summed E-state index contributed by atoms with van der Waals surface area (Å²) in [5, 5.41) is 8.98. The van der Waals surface area contributed by atoms with Crippen molar-refractivity contribution in [1.29, 1.82) is 0 Å². The summed E-state index contributed by atoms with van der Waals surface area (Å²) in [5.74, 6) is -1.59. The van der Waals surface area contributed by atoms with Gasteiger partial charge in [-0.3, -0.25) is 0 Å². The maximum atomic E-state index is 12.4. The molecule has 3 aromatic rings. The fraction of sp³-hybridized carbons (Fsp3) is 0.0526. The molecule has 0 amide bonds. The molecule has 2 aromatic carbocycles. The number of thiophene rings is 1. The predicted molar refractivity (Wildman–Crippen MR) is 91.4 cm³/mol. The first-order valence-electron chi connectivity index (χ1n) is 7.29. The molecule has 0 unspecified atom stereocenters. The van der Waals surface area contributed by atoms with Gasteiger partial charge in [0.2, 0.25) is 0 Å². The first kappa shape index (κ1) is 16.0. The number of esters is 1. The van der Waals surface area contributed by atoms with Crippen LogP contribution in [0.5, 0.6) is 0 Å². The van der Waals surface area contributed by atoms with E-state index in [9.17, 15) is 9.59 Å². The van der Waals surface area contributed by atoms with E-state index in [0.29, 0.717) is 0 Å². The van der Waals surface area contributed by atoms with E-state index in [4.69, 9.17) is 9.84 Å². The number of hydrogen-bond donors (Lipinski definition) is 1. The Morgan fingerprint density at radius 3 is 1.75 bits per heavy atom. The second-order valence-corrected chi connectivity index (χ2v) is 6.16. The maximum absolute atomic E-state index is 12.4. The van der Waals surface area contributed by atoms with Gasteiger partial charge in [0.1, 0.15) is 9.75 Å². The van der Waals surface area contributed by atoms with E-state index in [2.05, 4.69) is 0 Å². The monoisotopic (exact) mass is 338 g/mol. The second kappa shape index (κ2) is 7.10. The van der Waals surface area contributed by atoms with Crippen LogP contribution in [-0.4, -0.2) is 17.0 Å². The molecule has 1 heterocycles. The van der Waals surface area contributed by atoms with Gasteiger partial charge in [-0.1, -0.05) is 60.7 Å². The molecule has 1 N–H and O–H groups in total. The Labute approximate surface area is 143 Å². The van der Waals surface area contributed by atoms with Gasteiger partial charge in [-0.05, 0) is 23.3 Å². The summed E-state index contributed by atoms with van der Waals surface area (Å²) in [6.45, 7) is 0. The van der Waals surface area contributed by atoms with Crippen LogP contribution in [-0.2, 0) is 4.74 Å². The minimum Gasteiger partial charge on any atom is -0.477 e. The van der Waals surface area contributed by atoms with Crippen molar-refractivity contribution in [3.8, 4) is 0 Å². The zero-order valence-corrected chi connectivity index (χ0v) is 13.4. The van der Waals surface area contributed by atoms with E-state index in [1.54, 1.807) is 0 Å². The largest absolute Gasteiger partial charge is 0.477 e. The van der Waals surface area contributed by atoms with E-state index in [0.717, 1.165) is 22.5 Å². The van der Waals surface area contributed by atoms with Gasteiger partial charge in [-0.2, -0.15) is 0 Å². The Kier molecular flexibility index (Phi) is 4.72. The number of carbonyl (C=O) groups excluding carboxylic acids is 1. The highest BCUT2D eigenvalue weighted by atomic mass is 32.1. The molecule has 24 heavy (non-hydrogen) atoms. The number of carbonyl (C=O) groups is 2. The van der Waals surface area contributed by atoms with Crippen molar-refractivity contribution in [1.82, 2.24) is 0 Å². The Balaban J connectivity index is 1.89. The standard InChI is InChI=1S/C19H14O4S/c20-18(21)15-11-12-16(24-15)19(22)23-17(13-7-3-1-4-8-13)14-9-5-2-6-10-14/h1-12,17H,(H,20,21). The molecule has 0 saturated carbocycles. The summed E-state index contributed by atoms with van der Waals surface area (Å²) in [4.78, 5) is 23.8. The number of carboxylic acid groups (broad SMARTS) is 1. The first-order valence-corrected chi connectivity index (χ1v) is 8.11. The van der Waals surface area contributed by atoms with E-state index in [1.165, 1.54) is 12.1 Å². The summed E-state index contributed by atoms with van der Waals surface area (Å²) < 4.78 is 5.68. The smallest absolute Gasteiger partial charge is 0.349 e. The lowest BCUT2D eigenvalue weighted by Gasteiger charge is -2.18. The van der Waals surface area contributed by atoms with Crippen molar-refractivity contribution < 1.29 is 19.4 Å². The van der Waals surface area contributed by atoms with Crippen LogP contribution in [0.4, 0.5) is 0 Å². The molecule has 1 aromatic heterocycles. The fourth-order valence-corrected chi connectivity index (χ4v) is 3.04. The van der Waals surface area contributed by atoms with Crippen LogP contribution < -0.4 is 0 Å². The quantitative estimate of drug-likeness (QED) is 0.701. The van der Waals surface area contributed by atoms with Crippen molar-refractivity contribution in [3.05, 3.63) is 93.7 Å². The third kappa shape index (κ3) is 3.52. The molecule has 0 aliphatic carbocycles. The van der Waals surface area contributed by atoms with Crippen molar-refractivity contribution in [3.63, 3.8) is 0 Å². The summed E-state index contributed by atoms with van der Waals surface area (Å²) >= 11 is 0.907. The van der Waals surface area contributed by atoms with Crippen LogP contribution >= 0.6 is 11.3 Å². The zero-order valence-electron chi connectivity index (χ0n) is 12.6. The van der Waals surface area contributed by atoms with Crippen LogP contribution in [0.3, 0.4) is 0 Å². The second-order valence-electron chi connectivity index (χ2n) is 5.08. The van der Waals surface area contributed by atoms with E-state index in [1.807, 2.05) is 60.7 Å². The van der Waals surface area contributed by atoms with Crippen LogP contribution in [0.1, 0.15) is 36.6 Å². The number of benzene rings is 2. The van der Waals surface area contributed by atoms with Gasteiger partial charge >= 0.3 is 11.9 Å². The lowest BCUT2D eigenvalue weighted by Crippen LogP contribution is -2.12. The topological polar surface area (TPSA) is 63.6 Å². The highest BCUT2D eigenvalue weighted by molar-refractivity contribution is 7.15. The number of hydrogen-bond acceptors (Lipinski definition) is 4. The van der Waals surface area contributed by atoms with Crippen molar-refractivity contribution in [2.24, 2.45) is 0 Å². The third-order valence-corrected chi connectivity index (χ3v) is 4.50. The lowest BCUT2D eigenvalue weighted by molar-refractivity contribution is 0.0384. The minimum atomic E-state index is -1.05. The molecule has 0 spiro atoms. The molecule has 0 aliphatic heterocycles. The van der Waals surface area contributed by atoms with Crippen LogP contribution in [0.15, 0.2) is 72.8 Å². The molecule has 0 radical (unpaired) electrons. The first-order chi connectivity index (χ1) is 11.6. The van der Waals surface area contributed by atoms with Gasteiger partial charge in [0.15, 0.2) is 6.10 Å². The van der Waals surface area contributed by atoms with Gasteiger partial charge in [-0.25, -0.2) is 9.59 Å². The molecule has 4 nitrogen and oxygen atoms in total. The summed E-state index contributed by atoms with van der Waals surface area (Å²) in [7, 11) is 0. The minimum absolute atomic E-state index is 0.109. The van der Waals surface area contributed by atoms with Crippen LogP contribution in [0.25, 0.3) is 0 Å². The Morgan fingerprint density at radius 2 is 1.29 bits per heavy atom. The molecule has 3 rings (SSSR count). The fourth-order valence-electron chi connectivity index (χ4n) is 2.31. The van der Waals surface area contributed by atoms with Gasteiger partial charge in [-0.15, -0.1) is 11.3 Å². The number of rotatable bonds is 5. The summed E-state index contributed by atoms with van der Waals surface area (Å²) in [6, 6.07) is 21.8. The maximum Gasteiger partial charge on any atom is 0.349 e. The zero-order chi connectivity index (χ0) is 16.9. The number of aromatic carboxylic acids is 1. The Bertz CT molecular complexity index is 801. The van der Waals surface area contributed by atoms with Gasteiger partial charge in [0, 0.05) is 0 Å². The molecule has 0 fully saturated rings. The van der Waals surface area contributed by atoms with E-state index >= 15 is 0 Å². The summed E-state index contributed by atoms with van der Waals surface area (Å²) in [5.41, 5.74) is 1.71. The SMILES string of the molecule is O=C(O)c1ccc(C(=O)OC(c2ccccc2)c2ccccc2)s1. The average Bonchev–Trinajstić information content (AvgIpc) is 3.11. The molecular formula is C19H14O4S. The van der Waals surface area contributed by atoms with Crippen molar-refractivity contribution in [2.75, 3.05) is 0 Å². The third-order valence-electron chi connectivity index (χ3n) is 3.45. The molecule has 0 saturated heterocycles. The van der Waals surface area contributed by atoms with E-state index in [-0.39, 0.29) is 9.75 Å². The average molecular weight is 338 g/mol. The van der Waals surface area contributed by atoms with Crippen LogP contribution in [0.2, 0.25) is 0 Å². The van der Waals surface area contributed by atoms with E-state index < -0.39 is 18.0 Å². The predicted octanol–water partition coefficient (Wildman–Crippen LogP) is 4.39. The van der Waals surface area contributed by atoms with Gasteiger partial charge in [0.05, 0.1) is 0 Å². The highest BCUT2D eigenvalue weighted by Crippen LogP contribution is 2.28. The molecule has 5 heteroatoms. The molecule has 0 aliphatic rings. The highest BCUT2D eigenvalue weighted by Gasteiger charge is 2.21. The Hall–Kier alpha value is -2.92. The number of ether oxygens (including phenoxy) is 1. The normalized spacial score (nSPS) is 10.5. The van der Waals surface area contributed by atoms with Crippen LogP contribution in [0, 0.1) is 0 Å². The summed E-state index contributed by atoms with van der Waals surface area (Å²) in [6.07, 6.45) is -0.546. The van der Waals surface area contributed by atoms with Crippen molar-refractivity contribution >= 4 is 23.3 Å². The molecule has 0 atom stereocenters. The van der Waals surface area contributed by atoms with Gasteiger partial charge < -0.3 is 9.84 Å². The molecular weight excluding hydrogens is 324 g/mol. The van der Waals surface area contributed by atoms with Gasteiger partial charge in [0.25, 0.3) is 0 Å². The number of carboxylic acids is 1. The molecule has 0 bridgehead atoms. The molecule has 120 valence electrons. The van der Waals surface area contributed by atoms with Crippen molar-refractivity contribution in [2.45, 2.75) is 6.10 Å². The lowest BCUT2D eigenvalue weighted by atomic mass is 10.0. The Morgan fingerprint density at radius 1 is 0.792 bits per heavy atom.